The third-order valence-electron chi connectivity index (χ3n) is 2.05. The number of carbonyl (C=O) groups is 1. The third kappa shape index (κ3) is 2.96. The molecule has 90 valence electrons. The lowest BCUT2D eigenvalue weighted by Gasteiger charge is -2.19. The van der Waals surface area contributed by atoms with Crippen molar-refractivity contribution in [2.24, 2.45) is 0 Å². The van der Waals surface area contributed by atoms with Gasteiger partial charge in [-0.2, -0.15) is 5.10 Å². The summed E-state index contributed by atoms with van der Waals surface area (Å²) in [6.45, 7) is 5.67. The van der Waals surface area contributed by atoms with Gasteiger partial charge in [0.05, 0.1) is 11.7 Å². The first kappa shape index (κ1) is 11.4. The van der Waals surface area contributed by atoms with Crippen LogP contribution in [-0.4, -0.2) is 21.2 Å². The van der Waals surface area contributed by atoms with Gasteiger partial charge in [-0.25, -0.2) is 9.31 Å². The molecule has 2 heterocycles. The minimum Gasteiger partial charge on any atom is -0.409 e. The molecular formula is C12H15N3O2. The summed E-state index contributed by atoms with van der Waals surface area (Å²) < 4.78 is 6.84. The van der Waals surface area contributed by atoms with Crippen LogP contribution in [0, 0.1) is 0 Å². The van der Waals surface area contributed by atoms with E-state index in [1.165, 1.54) is 6.20 Å². The van der Waals surface area contributed by atoms with Crippen LogP contribution in [0.3, 0.4) is 0 Å². The second kappa shape index (κ2) is 4.08. The predicted octanol–water partition coefficient (Wildman–Crippen LogP) is 2.22. The van der Waals surface area contributed by atoms with Crippen LogP contribution in [0.25, 0.3) is 5.52 Å². The molecule has 2 aromatic rings. The van der Waals surface area contributed by atoms with Gasteiger partial charge in [0.2, 0.25) is 0 Å². The van der Waals surface area contributed by atoms with Crippen molar-refractivity contribution in [1.82, 2.24) is 14.9 Å². The van der Waals surface area contributed by atoms with Crippen LogP contribution in [0.4, 0.5) is 4.79 Å². The van der Waals surface area contributed by atoms with Crippen LogP contribution >= 0.6 is 0 Å². The Hall–Kier alpha value is -2.04. The molecule has 2 rings (SSSR count). The topological polar surface area (TPSA) is 55.6 Å². The van der Waals surface area contributed by atoms with E-state index >= 15 is 0 Å². The molecule has 0 saturated heterocycles. The molecule has 0 aliphatic heterocycles. The Bertz CT molecular complexity index is 540. The van der Waals surface area contributed by atoms with Gasteiger partial charge in [0.1, 0.15) is 0 Å². The number of nitrogens with zero attached hydrogens (tertiary/aromatic N) is 2. The molecule has 0 fully saturated rings. The molecule has 0 atom stereocenters. The fourth-order valence-electron chi connectivity index (χ4n) is 1.40. The largest absolute Gasteiger partial charge is 0.413 e. The summed E-state index contributed by atoms with van der Waals surface area (Å²) >= 11 is 0. The molecule has 0 aliphatic carbocycles. The maximum atomic E-state index is 11.5. The lowest BCUT2D eigenvalue weighted by atomic mass is 10.1. The highest BCUT2D eigenvalue weighted by molar-refractivity contribution is 5.71. The lowest BCUT2D eigenvalue weighted by Crippen LogP contribution is -2.42. The first-order chi connectivity index (χ1) is 7.94. The molecule has 1 amide bonds. The molecule has 0 aromatic carbocycles. The summed E-state index contributed by atoms with van der Waals surface area (Å²) in [6.07, 6.45) is 2.86. The second-order valence-electron chi connectivity index (χ2n) is 4.83. The molecule has 0 spiro atoms. The normalized spacial score (nSPS) is 11.5. The number of amides is 1. The standard InChI is InChI=1S/C12H15N3O2/c1-12(2,3)14-11(16)17-10-7-9-5-4-6-15(9)13-8-10/h4-8H,1-3H3,(H,14,16). The molecule has 0 aliphatic rings. The zero-order valence-corrected chi connectivity index (χ0v) is 10.1. The molecule has 0 unspecified atom stereocenters. The summed E-state index contributed by atoms with van der Waals surface area (Å²) in [5.74, 6) is 0.429. The second-order valence-corrected chi connectivity index (χ2v) is 4.83. The van der Waals surface area contributed by atoms with Crippen molar-refractivity contribution in [3.05, 3.63) is 30.6 Å². The first-order valence-corrected chi connectivity index (χ1v) is 5.37. The minimum atomic E-state index is -0.477. The molecule has 2 aromatic heterocycles. The van der Waals surface area contributed by atoms with Gasteiger partial charge in [0.25, 0.3) is 0 Å². The monoisotopic (exact) mass is 233 g/mol. The minimum absolute atomic E-state index is 0.316. The van der Waals surface area contributed by atoms with E-state index in [0.29, 0.717) is 5.75 Å². The zero-order valence-electron chi connectivity index (χ0n) is 10.1. The van der Waals surface area contributed by atoms with E-state index in [2.05, 4.69) is 10.4 Å². The SMILES string of the molecule is CC(C)(C)NC(=O)Oc1cnn2cccc2c1. The fourth-order valence-corrected chi connectivity index (χ4v) is 1.40. The number of carbonyl (C=O) groups excluding carboxylic acids is 1. The number of fused-ring (bicyclic) bond motifs is 1. The number of ether oxygens (including phenoxy) is 1. The lowest BCUT2D eigenvalue weighted by molar-refractivity contribution is 0.190. The number of hydrogen-bond acceptors (Lipinski definition) is 3. The van der Waals surface area contributed by atoms with Gasteiger partial charge >= 0.3 is 6.09 Å². The molecule has 0 saturated carbocycles. The quantitative estimate of drug-likeness (QED) is 0.821. The molecule has 0 bridgehead atoms. The van der Waals surface area contributed by atoms with Crippen LogP contribution < -0.4 is 10.1 Å². The number of aromatic nitrogens is 2. The van der Waals surface area contributed by atoms with Crippen molar-refractivity contribution >= 4 is 11.6 Å². The van der Waals surface area contributed by atoms with Crippen molar-refractivity contribution in [3.63, 3.8) is 0 Å². The Morgan fingerprint density at radius 2 is 2.24 bits per heavy atom. The van der Waals surface area contributed by atoms with Gasteiger partial charge in [-0.3, -0.25) is 0 Å². The Kier molecular flexibility index (Phi) is 2.75. The third-order valence-corrected chi connectivity index (χ3v) is 2.05. The van der Waals surface area contributed by atoms with E-state index in [-0.39, 0.29) is 5.54 Å². The van der Waals surface area contributed by atoms with Crippen molar-refractivity contribution < 1.29 is 9.53 Å². The van der Waals surface area contributed by atoms with E-state index in [0.717, 1.165) is 5.52 Å². The van der Waals surface area contributed by atoms with Crippen molar-refractivity contribution in [2.75, 3.05) is 0 Å². The number of hydrogen-bond donors (Lipinski definition) is 1. The van der Waals surface area contributed by atoms with Gasteiger partial charge in [0.15, 0.2) is 5.75 Å². The smallest absolute Gasteiger partial charge is 0.409 e. The predicted molar refractivity (Wildman–Crippen MR) is 64.1 cm³/mol. The molecule has 5 nitrogen and oxygen atoms in total. The molecular weight excluding hydrogens is 218 g/mol. The summed E-state index contributed by atoms with van der Waals surface area (Å²) in [5, 5.41) is 6.82. The van der Waals surface area contributed by atoms with Crippen molar-refractivity contribution in [3.8, 4) is 5.75 Å². The highest BCUT2D eigenvalue weighted by Crippen LogP contribution is 2.13. The summed E-state index contributed by atoms with van der Waals surface area (Å²) in [6, 6.07) is 5.53. The Morgan fingerprint density at radius 1 is 1.47 bits per heavy atom. The highest BCUT2D eigenvalue weighted by Gasteiger charge is 2.15. The van der Waals surface area contributed by atoms with E-state index < -0.39 is 6.09 Å². The van der Waals surface area contributed by atoms with Gasteiger partial charge in [-0.05, 0) is 32.9 Å². The molecule has 1 N–H and O–H groups in total. The van der Waals surface area contributed by atoms with Gasteiger partial charge in [-0.1, -0.05) is 0 Å². The number of nitrogens with one attached hydrogen (secondary N) is 1. The van der Waals surface area contributed by atoms with Crippen molar-refractivity contribution in [1.29, 1.82) is 0 Å². The fraction of sp³-hybridized carbons (Fsp3) is 0.333. The van der Waals surface area contributed by atoms with Crippen LogP contribution in [0.15, 0.2) is 30.6 Å². The molecule has 5 heteroatoms. The van der Waals surface area contributed by atoms with E-state index in [9.17, 15) is 4.79 Å². The summed E-state index contributed by atoms with van der Waals surface area (Å²) in [5.41, 5.74) is 0.565. The van der Waals surface area contributed by atoms with Crippen molar-refractivity contribution in [2.45, 2.75) is 26.3 Å². The Balaban J connectivity index is 2.10. The van der Waals surface area contributed by atoms with Gasteiger partial charge < -0.3 is 10.1 Å². The maximum absolute atomic E-state index is 11.5. The average Bonchev–Trinajstić information content (AvgIpc) is 2.61. The van der Waals surface area contributed by atoms with Crippen LogP contribution in [-0.2, 0) is 0 Å². The van der Waals surface area contributed by atoms with Gasteiger partial charge in [-0.15, -0.1) is 0 Å². The first-order valence-electron chi connectivity index (χ1n) is 5.37. The molecule has 0 radical (unpaired) electrons. The summed E-state index contributed by atoms with van der Waals surface area (Å²) in [4.78, 5) is 11.5. The average molecular weight is 233 g/mol. The zero-order chi connectivity index (χ0) is 12.5. The Morgan fingerprint density at radius 3 is 2.94 bits per heavy atom. The van der Waals surface area contributed by atoms with E-state index in [4.69, 9.17) is 4.74 Å². The number of rotatable bonds is 1. The van der Waals surface area contributed by atoms with Crippen LogP contribution in [0.5, 0.6) is 5.75 Å². The van der Waals surface area contributed by atoms with E-state index in [1.54, 1.807) is 10.6 Å². The van der Waals surface area contributed by atoms with Crippen LogP contribution in [0.1, 0.15) is 20.8 Å². The highest BCUT2D eigenvalue weighted by atomic mass is 16.6. The maximum Gasteiger partial charge on any atom is 0.413 e. The Labute approximate surface area is 99.4 Å². The van der Waals surface area contributed by atoms with E-state index in [1.807, 2.05) is 39.1 Å². The van der Waals surface area contributed by atoms with Gasteiger partial charge in [0, 0.05) is 17.8 Å². The van der Waals surface area contributed by atoms with Crippen LogP contribution in [0.2, 0.25) is 0 Å². The summed E-state index contributed by atoms with van der Waals surface area (Å²) in [7, 11) is 0. The molecule has 17 heavy (non-hydrogen) atoms.